The first kappa shape index (κ1) is 21.4. The number of benzene rings is 1. The van der Waals surface area contributed by atoms with E-state index in [2.05, 4.69) is 25.4 Å². The van der Waals surface area contributed by atoms with Crippen molar-refractivity contribution in [2.45, 2.75) is 50.7 Å². The summed E-state index contributed by atoms with van der Waals surface area (Å²) >= 11 is 0. The predicted octanol–water partition coefficient (Wildman–Crippen LogP) is 4.09. The summed E-state index contributed by atoms with van der Waals surface area (Å²) in [5, 5.41) is 18.0. The van der Waals surface area contributed by atoms with E-state index >= 15 is 0 Å². The van der Waals surface area contributed by atoms with Crippen LogP contribution in [0, 0.1) is 0 Å². The topological polar surface area (TPSA) is 97.5 Å². The molecule has 33 heavy (non-hydrogen) atoms. The number of halogens is 2. The van der Waals surface area contributed by atoms with Gasteiger partial charge in [0.25, 0.3) is 6.43 Å². The first-order valence-electron chi connectivity index (χ1n) is 10.9. The SMILES string of the molecule is C[C@]1(O)CC[C@@H](Nc2nc(OCC(F)F)c3c(-c4ccc5nccnc5c4)ccn3n2)CC1. The van der Waals surface area contributed by atoms with Crippen molar-refractivity contribution in [2.75, 3.05) is 11.9 Å². The molecule has 0 aliphatic heterocycles. The lowest BCUT2D eigenvalue weighted by Crippen LogP contribution is -2.36. The van der Waals surface area contributed by atoms with Gasteiger partial charge in [-0.25, -0.2) is 13.3 Å². The van der Waals surface area contributed by atoms with Crippen LogP contribution in [-0.4, -0.2) is 54.3 Å². The molecule has 1 aromatic carbocycles. The number of aliphatic hydroxyl groups is 1. The fourth-order valence-corrected chi connectivity index (χ4v) is 4.23. The highest BCUT2D eigenvalue weighted by Gasteiger charge is 2.29. The molecule has 0 radical (unpaired) electrons. The molecule has 0 unspecified atom stereocenters. The van der Waals surface area contributed by atoms with Crippen LogP contribution in [0.2, 0.25) is 0 Å². The minimum absolute atomic E-state index is 0.0786. The lowest BCUT2D eigenvalue weighted by molar-refractivity contribution is 0.0195. The first-order chi connectivity index (χ1) is 15.9. The number of alkyl halides is 2. The number of hydrogen-bond donors (Lipinski definition) is 2. The van der Waals surface area contributed by atoms with Gasteiger partial charge in [-0.1, -0.05) is 6.07 Å². The standard InChI is InChI=1S/C23H24F2N6O2/c1-23(32)7-4-15(5-8-23)28-22-29-21(33-13-19(24)25)20-16(6-11-31(20)30-22)14-2-3-17-18(12-14)27-10-9-26-17/h2-3,6,9-12,15,19,32H,4-5,7-8,13H2,1H3,(H,28,30)/t15-,23+. The molecule has 4 aromatic rings. The lowest BCUT2D eigenvalue weighted by atomic mass is 9.84. The maximum Gasteiger partial charge on any atom is 0.272 e. The van der Waals surface area contributed by atoms with E-state index in [1.54, 1.807) is 23.1 Å². The fourth-order valence-electron chi connectivity index (χ4n) is 4.23. The van der Waals surface area contributed by atoms with Gasteiger partial charge in [0.15, 0.2) is 6.61 Å². The number of hydrogen-bond acceptors (Lipinski definition) is 7. The zero-order chi connectivity index (χ0) is 23.0. The summed E-state index contributed by atoms with van der Waals surface area (Å²) in [6, 6.07) is 7.56. The minimum atomic E-state index is -2.63. The van der Waals surface area contributed by atoms with E-state index in [4.69, 9.17) is 4.74 Å². The number of ether oxygens (including phenoxy) is 1. The van der Waals surface area contributed by atoms with E-state index < -0.39 is 18.6 Å². The second-order valence-corrected chi connectivity index (χ2v) is 8.64. The van der Waals surface area contributed by atoms with Crippen LogP contribution in [-0.2, 0) is 0 Å². The second-order valence-electron chi connectivity index (χ2n) is 8.64. The quantitative estimate of drug-likeness (QED) is 0.453. The molecule has 8 nitrogen and oxygen atoms in total. The zero-order valence-corrected chi connectivity index (χ0v) is 18.1. The molecule has 3 heterocycles. The highest BCUT2D eigenvalue weighted by atomic mass is 19.3. The Morgan fingerprint density at radius 2 is 1.94 bits per heavy atom. The minimum Gasteiger partial charge on any atom is -0.470 e. The lowest BCUT2D eigenvalue weighted by Gasteiger charge is -2.33. The molecule has 1 aliphatic rings. The van der Waals surface area contributed by atoms with Gasteiger partial charge in [-0.3, -0.25) is 9.97 Å². The van der Waals surface area contributed by atoms with Crippen LogP contribution in [0.1, 0.15) is 32.6 Å². The average molecular weight is 454 g/mol. The molecule has 3 aromatic heterocycles. The highest BCUT2D eigenvalue weighted by molar-refractivity contribution is 5.89. The maximum atomic E-state index is 13.0. The molecule has 1 fully saturated rings. The molecule has 172 valence electrons. The summed E-state index contributed by atoms with van der Waals surface area (Å²) in [6.07, 6.45) is 5.22. The van der Waals surface area contributed by atoms with Crippen LogP contribution in [0.15, 0.2) is 42.9 Å². The summed E-state index contributed by atoms with van der Waals surface area (Å²) in [7, 11) is 0. The molecule has 0 amide bonds. The fraction of sp³-hybridized carbons (Fsp3) is 0.391. The molecule has 0 bridgehead atoms. The molecule has 10 heteroatoms. The predicted molar refractivity (Wildman–Crippen MR) is 120 cm³/mol. The van der Waals surface area contributed by atoms with Gasteiger partial charge >= 0.3 is 0 Å². The maximum absolute atomic E-state index is 13.0. The van der Waals surface area contributed by atoms with Crippen LogP contribution in [0.3, 0.4) is 0 Å². The third-order valence-corrected chi connectivity index (χ3v) is 6.00. The summed E-state index contributed by atoms with van der Waals surface area (Å²) < 4.78 is 32.9. The number of nitrogens with one attached hydrogen (secondary N) is 1. The molecular weight excluding hydrogens is 430 g/mol. The Labute approximate surface area is 188 Å². The van der Waals surface area contributed by atoms with E-state index in [0.29, 0.717) is 24.3 Å². The molecule has 1 aliphatic carbocycles. The van der Waals surface area contributed by atoms with Crippen molar-refractivity contribution >= 4 is 22.5 Å². The highest BCUT2D eigenvalue weighted by Crippen LogP contribution is 2.34. The number of rotatable bonds is 6. The van der Waals surface area contributed by atoms with E-state index in [9.17, 15) is 13.9 Å². The van der Waals surface area contributed by atoms with E-state index in [0.717, 1.165) is 35.0 Å². The van der Waals surface area contributed by atoms with Crippen molar-refractivity contribution in [1.29, 1.82) is 0 Å². The molecule has 0 spiro atoms. The van der Waals surface area contributed by atoms with Gasteiger partial charge in [-0.15, -0.1) is 5.10 Å². The Morgan fingerprint density at radius 3 is 2.70 bits per heavy atom. The van der Waals surface area contributed by atoms with Gasteiger partial charge in [-0.2, -0.15) is 4.98 Å². The van der Waals surface area contributed by atoms with Gasteiger partial charge in [0.1, 0.15) is 5.52 Å². The molecule has 0 saturated heterocycles. The summed E-state index contributed by atoms with van der Waals surface area (Å²) in [5.74, 6) is 0.375. The van der Waals surface area contributed by atoms with E-state index in [1.165, 1.54) is 0 Å². The van der Waals surface area contributed by atoms with Crippen molar-refractivity contribution in [2.24, 2.45) is 0 Å². The van der Waals surface area contributed by atoms with Gasteiger partial charge in [0, 0.05) is 30.2 Å². The van der Waals surface area contributed by atoms with Crippen LogP contribution in [0.4, 0.5) is 14.7 Å². The molecule has 5 rings (SSSR count). The first-order valence-corrected chi connectivity index (χ1v) is 10.9. The van der Waals surface area contributed by atoms with Crippen LogP contribution >= 0.6 is 0 Å². The van der Waals surface area contributed by atoms with E-state index in [1.807, 2.05) is 31.2 Å². The van der Waals surface area contributed by atoms with Crippen molar-refractivity contribution < 1.29 is 18.6 Å². The third kappa shape index (κ3) is 4.56. The summed E-state index contributed by atoms with van der Waals surface area (Å²) in [5.41, 5.74) is 2.88. The molecular formula is C23H24F2N6O2. The number of aromatic nitrogens is 5. The Bertz CT molecular complexity index is 1280. The largest absolute Gasteiger partial charge is 0.470 e. The van der Waals surface area contributed by atoms with Crippen molar-refractivity contribution in [1.82, 2.24) is 24.6 Å². The van der Waals surface area contributed by atoms with Gasteiger partial charge in [0.05, 0.1) is 16.6 Å². The average Bonchev–Trinajstić information content (AvgIpc) is 3.23. The Morgan fingerprint density at radius 1 is 1.18 bits per heavy atom. The monoisotopic (exact) mass is 454 g/mol. The smallest absolute Gasteiger partial charge is 0.272 e. The van der Waals surface area contributed by atoms with Gasteiger partial charge < -0.3 is 15.2 Å². The number of nitrogens with zero attached hydrogens (tertiary/aromatic N) is 5. The second kappa shape index (κ2) is 8.51. The normalized spacial score (nSPS) is 21.1. The van der Waals surface area contributed by atoms with Crippen molar-refractivity contribution in [3.63, 3.8) is 0 Å². The van der Waals surface area contributed by atoms with Crippen LogP contribution in [0.5, 0.6) is 5.88 Å². The van der Waals surface area contributed by atoms with Crippen molar-refractivity contribution in [3.05, 3.63) is 42.9 Å². The Hall–Kier alpha value is -3.40. The van der Waals surface area contributed by atoms with Gasteiger partial charge in [0.2, 0.25) is 11.8 Å². The van der Waals surface area contributed by atoms with Crippen LogP contribution < -0.4 is 10.1 Å². The zero-order valence-electron chi connectivity index (χ0n) is 18.1. The summed E-state index contributed by atoms with van der Waals surface area (Å²) in [6.45, 7) is 1.06. The number of fused-ring (bicyclic) bond motifs is 2. The van der Waals surface area contributed by atoms with Crippen LogP contribution in [0.25, 0.3) is 27.7 Å². The molecule has 0 atom stereocenters. The summed E-state index contributed by atoms with van der Waals surface area (Å²) in [4.78, 5) is 13.1. The third-order valence-electron chi connectivity index (χ3n) is 6.00. The Kier molecular flexibility index (Phi) is 5.53. The molecule has 1 saturated carbocycles. The molecule has 2 N–H and O–H groups in total. The van der Waals surface area contributed by atoms with Gasteiger partial charge in [-0.05, 0) is 56.4 Å². The number of anilines is 1. The van der Waals surface area contributed by atoms with E-state index in [-0.39, 0.29) is 11.9 Å². The Balaban J connectivity index is 1.52. The van der Waals surface area contributed by atoms with Crippen molar-refractivity contribution in [3.8, 4) is 17.0 Å².